The highest BCUT2D eigenvalue weighted by Gasteiger charge is 2.12. The monoisotopic (exact) mass is 200 g/mol. The first-order valence-electron chi connectivity index (χ1n) is 3.52. The number of rotatable bonds is 2. The molecule has 1 rings (SSSR count). The van der Waals surface area contributed by atoms with Crippen LogP contribution in [0.4, 0.5) is 21.1 Å². The van der Waals surface area contributed by atoms with E-state index in [0.717, 1.165) is 0 Å². The number of carboxylic acid groups (broad SMARTS) is 2. The second-order valence-electron chi connectivity index (χ2n) is 2.39. The van der Waals surface area contributed by atoms with Gasteiger partial charge in [-0.15, -0.1) is 0 Å². The Bertz CT molecular complexity index is 372. The van der Waals surface area contributed by atoms with Crippen molar-refractivity contribution in [1.82, 2.24) is 9.78 Å². The van der Waals surface area contributed by atoms with Crippen LogP contribution in [0.15, 0.2) is 6.20 Å². The minimum Gasteiger partial charge on any atom is -0.465 e. The van der Waals surface area contributed by atoms with Gasteiger partial charge >= 0.3 is 12.2 Å². The average molecular weight is 200 g/mol. The molecule has 1 heterocycles. The van der Waals surface area contributed by atoms with Crippen molar-refractivity contribution in [3.8, 4) is 0 Å². The predicted octanol–water partition coefficient (Wildman–Crippen LogP) is 0.600. The van der Waals surface area contributed by atoms with Gasteiger partial charge in [-0.25, -0.2) is 9.59 Å². The van der Waals surface area contributed by atoms with Gasteiger partial charge in [-0.2, -0.15) is 5.10 Å². The lowest BCUT2D eigenvalue weighted by Crippen LogP contribution is -2.14. The smallest absolute Gasteiger partial charge is 0.410 e. The van der Waals surface area contributed by atoms with E-state index in [2.05, 4.69) is 5.10 Å². The van der Waals surface area contributed by atoms with Gasteiger partial charge in [0.15, 0.2) is 5.82 Å². The molecular formula is C6H8N4O4. The van der Waals surface area contributed by atoms with Crippen molar-refractivity contribution >= 4 is 23.7 Å². The second-order valence-corrected chi connectivity index (χ2v) is 2.39. The van der Waals surface area contributed by atoms with Crippen LogP contribution in [-0.4, -0.2) is 32.2 Å². The van der Waals surface area contributed by atoms with Crippen molar-refractivity contribution in [3.05, 3.63) is 6.20 Å². The highest BCUT2D eigenvalue weighted by atomic mass is 16.4. The molecule has 4 N–H and O–H groups in total. The molecule has 0 spiro atoms. The first kappa shape index (κ1) is 9.84. The molecule has 0 aliphatic heterocycles. The Kier molecular flexibility index (Phi) is 2.56. The standard InChI is InChI=1S/C6H8N4O4/c1-10-4(9-6(13)14)3(2-7-10)8-5(11)12/h2,8-9H,1H3,(H,11,12)(H,13,14). The number of anilines is 2. The molecule has 1 aromatic rings. The minimum atomic E-state index is -1.29. The Morgan fingerprint density at radius 2 is 1.93 bits per heavy atom. The molecule has 76 valence electrons. The van der Waals surface area contributed by atoms with Gasteiger partial charge in [0.1, 0.15) is 5.69 Å². The first-order valence-corrected chi connectivity index (χ1v) is 3.52. The molecule has 0 saturated carbocycles. The molecule has 0 radical (unpaired) electrons. The highest BCUT2D eigenvalue weighted by molar-refractivity contribution is 5.92. The van der Waals surface area contributed by atoms with Crippen LogP contribution >= 0.6 is 0 Å². The molecule has 14 heavy (non-hydrogen) atoms. The van der Waals surface area contributed by atoms with Crippen LogP contribution in [0.25, 0.3) is 0 Å². The van der Waals surface area contributed by atoms with Crippen molar-refractivity contribution in [2.45, 2.75) is 0 Å². The van der Waals surface area contributed by atoms with E-state index in [1.165, 1.54) is 17.9 Å². The predicted molar refractivity (Wildman–Crippen MR) is 46.5 cm³/mol. The maximum Gasteiger partial charge on any atom is 0.410 e. The summed E-state index contributed by atoms with van der Waals surface area (Å²) in [7, 11) is 1.48. The normalized spacial score (nSPS) is 9.50. The van der Waals surface area contributed by atoms with E-state index in [1.807, 2.05) is 10.6 Å². The van der Waals surface area contributed by atoms with Crippen LogP contribution in [0.5, 0.6) is 0 Å². The number of nitrogens with zero attached hydrogens (tertiary/aromatic N) is 2. The fraction of sp³-hybridized carbons (Fsp3) is 0.167. The number of amides is 2. The third kappa shape index (κ3) is 2.12. The summed E-state index contributed by atoms with van der Waals surface area (Å²) in [6.07, 6.45) is -1.37. The number of nitrogens with one attached hydrogen (secondary N) is 2. The van der Waals surface area contributed by atoms with Crippen molar-refractivity contribution < 1.29 is 19.8 Å². The third-order valence-electron chi connectivity index (χ3n) is 1.41. The quantitative estimate of drug-likeness (QED) is 0.557. The summed E-state index contributed by atoms with van der Waals surface area (Å²) >= 11 is 0. The molecule has 0 unspecified atom stereocenters. The molecular weight excluding hydrogens is 192 g/mol. The lowest BCUT2D eigenvalue weighted by Gasteiger charge is -2.04. The van der Waals surface area contributed by atoms with Crippen molar-refractivity contribution in [2.24, 2.45) is 7.05 Å². The molecule has 0 saturated heterocycles. The zero-order chi connectivity index (χ0) is 10.7. The minimum absolute atomic E-state index is 0.0694. The number of carbonyl (C=O) groups is 2. The topological polar surface area (TPSA) is 116 Å². The van der Waals surface area contributed by atoms with Gasteiger partial charge < -0.3 is 10.2 Å². The fourth-order valence-electron chi connectivity index (χ4n) is 0.894. The second kappa shape index (κ2) is 3.64. The molecule has 0 aliphatic carbocycles. The summed E-state index contributed by atoms with van der Waals surface area (Å²) in [5, 5.41) is 24.6. The Labute approximate surface area is 78.1 Å². The van der Waals surface area contributed by atoms with E-state index in [0.29, 0.717) is 0 Å². The number of aryl methyl sites for hydroxylation is 1. The Morgan fingerprint density at radius 1 is 1.36 bits per heavy atom. The van der Waals surface area contributed by atoms with E-state index < -0.39 is 12.2 Å². The molecule has 2 amide bonds. The number of hydrogen-bond donors (Lipinski definition) is 4. The summed E-state index contributed by atoms with van der Waals surface area (Å²) in [6, 6.07) is 0. The van der Waals surface area contributed by atoms with E-state index in [4.69, 9.17) is 10.2 Å². The van der Waals surface area contributed by atoms with Gasteiger partial charge in [-0.1, -0.05) is 0 Å². The SMILES string of the molecule is Cn1ncc(NC(=O)O)c1NC(=O)O. The van der Waals surface area contributed by atoms with Crippen LogP contribution < -0.4 is 10.6 Å². The summed E-state index contributed by atoms with van der Waals surface area (Å²) in [5.41, 5.74) is 0.0856. The van der Waals surface area contributed by atoms with Gasteiger partial charge in [-0.3, -0.25) is 15.3 Å². The maximum atomic E-state index is 10.3. The van der Waals surface area contributed by atoms with Gasteiger partial charge in [0.2, 0.25) is 0 Å². The molecule has 0 atom stereocenters. The molecule has 0 aliphatic rings. The lowest BCUT2D eigenvalue weighted by molar-refractivity contribution is 0.208. The first-order chi connectivity index (χ1) is 6.50. The highest BCUT2D eigenvalue weighted by Crippen LogP contribution is 2.19. The number of aromatic nitrogens is 2. The van der Waals surface area contributed by atoms with Crippen LogP contribution in [-0.2, 0) is 7.05 Å². The van der Waals surface area contributed by atoms with Gasteiger partial charge in [0.05, 0.1) is 6.20 Å². The fourth-order valence-corrected chi connectivity index (χ4v) is 0.894. The third-order valence-corrected chi connectivity index (χ3v) is 1.41. The zero-order valence-electron chi connectivity index (χ0n) is 7.18. The van der Waals surface area contributed by atoms with E-state index in [9.17, 15) is 9.59 Å². The van der Waals surface area contributed by atoms with E-state index >= 15 is 0 Å². The summed E-state index contributed by atoms with van der Waals surface area (Å²) in [5.74, 6) is 0.0694. The Hall–Kier alpha value is -2.25. The molecule has 8 nitrogen and oxygen atoms in total. The van der Waals surface area contributed by atoms with Crippen LogP contribution in [0.2, 0.25) is 0 Å². The molecule has 8 heteroatoms. The summed E-state index contributed by atoms with van der Waals surface area (Å²) in [4.78, 5) is 20.6. The molecule has 0 bridgehead atoms. The molecule has 1 aromatic heterocycles. The summed E-state index contributed by atoms with van der Waals surface area (Å²) < 4.78 is 1.21. The van der Waals surface area contributed by atoms with Crippen molar-refractivity contribution in [3.63, 3.8) is 0 Å². The van der Waals surface area contributed by atoms with Crippen LogP contribution in [0.1, 0.15) is 0 Å². The van der Waals surface area contributed by atoms with Gasteiger partial charge in [0.25, 0.3) is 0 Å². The Morgan fingerprint density at radius 3 is 2.43 bits per heavy atom. The average Bonchev–Trinajstić information content (AvgIpc) is 2.34. The zero-order valence-corrected chi connectivity index (χ0v) is 7.18. The molecule has 0 fully saturated rings. The van der Waals surface area contributed by atoms with E-state index in [-0.39, 0.29) is 11.5 Å². The Balaban J connectivity index is 2.93. The molecule has 0 aromatic carbocycles. The van der Waals surface area contributed by atoms with Gasteiger partial charge in [0, 0.05) is 7.05 Å². The van der Waals surface area contributed by atoms with E-state index in [1.54, 1.807) is 0 Å². The van der Waals surface area contributed by atoms with Crippen LogP contribution in [0, 0.1) is 0 Å². The maximum absolute atomic E-state index is 10.3. The lowest BCUT2D eigenvalue weighted by atomic mass is 10.5. The number of hydrogen-bond acceptors (Lipinski definition) is 3. The van der Waals surface area contributed by atoms with Gasteiger partial charge in [-0.05, 0) is 0 Å². The largest absolute Gasteiger partial charge is 0.465 e. The van der Waals surface area contributed by atoms with Crippen LogP contribution in [0.3, 0.4) is 0 Å². The van der Waals surface area contributed by atoms with Crippen molar-refractivity contribution in [1.29, 1.82) is 0 Å². The van der Waals surface area contributed by atoms with Crippen molar-refractivity contribution in [2.75, 3.05) is 10.6 Å². The summed E-state index contributed by atoms with van der Waals surface area (Å²) in [6.45, 7) is 0.